The summed E-state index contributed by atoms with van der Waals surface area (Å²) < 4.78 is 29.1. The Bertz CT molecular complexity index is 576. The zero-order chi connectivity index (χ0) is 17.2. The molecule has 3 fully saturated rings. The first-order valence-corrected chi connectivity index (χ1v) is 11.1. The summed E-state index contributed by atoms with van der Waals surface area (Å²) in [6.07, 6.45) is 7.20. The molecule has 6 nitrogen and oxygen atoms in total. The van der Waals surface area contributed by atoms with Gasteiger partial charge in [0.2, 0.25) is 0 Å². The van der Waals surface area contributed by atoms with Crippen LogP contribution in [0.5, 0.6) is 0 Å². The maximum atomic E-state index is 11.6. The monoisotopic (exact) mass is 485 g/mol. The van der Waals surface area contributed by atoms with Crippen LogP contribution in [0.4, 0.5) is 0 Å². The maximum absolute atomic E-state index is 11.6. The summed E-state index contributed by atoms with van der Waals surface area (Å²) in [6.45, 7) is 3.52. The predicted octanol–water partition coefficient (Wildman–Crippen LogP) is 1.94. The maximum Gasteiger partial charge on any atom is 0.191 e. The Balaban J connectivity index is 0.00000225. The van der Waals surface area contributed by atoms with E-state index in [1.165, 1.54) is 25.7 Å². The minimum absolute atomic E-state index is 0. The fourth-order valence-corrected chi connectivity index (χ4v) is 6.58. The minimum Gasteiger partial charge on any atom is -0.378 e. The molecule has 1 heterocycles. The van der Waals surface area contributed by atoms with E-state index in [-0.39, 0.29) is 35.3 Å². The van der Waals surface area contributed by atoms with Gasteiger partial charge in [-0.2, -0.15) is 0 Å². The van der Waals surface area contributed by atoms with Crippen molar-refractivity contribution in [3.05, 3.63) is 0 Å². The highest BCUT2D eigenvalue weighted by Gasteiger charge is 2.56. The quantitative estimate of drug-likeness (QED) is 0.354. The lowest BCUT2D eigenvalue weighted by molar-refractivity contribution is -0.125. The van der Waals surface area contributed by atoms with E-state index in [9.17, 15) is 8.42 Å². The summed E-state index contributed by atoms with van der Waals surface area (Å²) in [7, 11) is -1.04. The highest BCUT2D eigenvalue weighted by molar-refractivity contribution is 14.0. The molecule has 1 saturated heterocycles. The summed E-state index contributed by atoms with van der Waals surface area (Å²) in [5, 5.41) is 6.91. The summed E-state index contributed by atoms with van der Waals surface area (Å²) >= 11 is 0. The summed E-state index contributed by atoms with van der Waals surface area (Å²) in [5.74, 6) is 1.63. The van der Waals surface area contributed by atoms with Gasteiger partial charge in [0, 0.05) is 31.7 Å². The number of aliphatic imine (C=N–C) groups is 1. The first kappa shape index (κ1) is 21.2. The van der Waals surface area contributed by atoms with Crippen molar-refractivity contribution >= 4 is 39.8 Å². The van der Waals surface area contributed by atoms with Crippen LogP contribution in [-0.4, -0.2) is 58.2 Å². The molecule has 25 heavy (non-hydrogen) atoms. The number of hydrogen-bond donors (Lipinski definition) is 2. The molecule has 2 saturated carbocycles. The molecule has 8 heteroatoms. The molecule has 3 rings (SSSR count). The Hall–Kier alpha value is -0.0900. The average molecular weight is 485 g/mol. The number of rotatable bonds is 5. The highest BCUT2D eigenvalue weighted by Crippen LogP contribution is 2.54. The second kappa shape index (κ2) is 8.73. The van der Waals surface area contributed by atoms with Gasteiger partial charge in [-0.1, -0.05) is 12.8 Å². The van der Waals surface area contributed by atoms with Crippen molar-refractivity contribution < 1.29 is 13.2 Å². The van der Waals surface area contributed by atoms with E-state index in [0.29, 0.717) is 30.2 Å². The molecule has 0 aromatic heterocycles. The topological polar surface area (TPSA) is 79.8 Å². The lowest BCUT2D eigenvalue weighted by Gasteiger charge is -2.54. The zero-order valence-corrected chi connectivity index (χ0v) is 18.4. The first-order valence-electron chi connectivity index (χ1n) is 9.28. The van der Waals surface area contributed by atoms with Crippen molar-refractivity contribution in [1.82, 2.24) is 10.6 Å². The van der Waals surface area contributed by atoms with Crippen molar-refractivity contribution in [2.75, 3.05) is 31.7 Å². The SMILES string of the molecule is CCOC1CC(NC(=NC)NCC2CCS(=O)(=O)C2)C12CCCC2.I. The van der Waals surface area contributed by atoms with Gasteiger partial charge in [0.05, 0.1) is 17.6 Å². The lowest BCUT2D eigenvalue weighted by atomic mass is 9.60. The van der Waals surface area contributed by atoms with E-state index < -0.39 is 9.84 Å². The number of halogens is 1. The molecule has 3 aliphatic rings. The van der Waals surface area contributed by atoms with Gasteiger partial charge >= 0.3 is 0 Å². The van der Waals surface area contributed by atoms with Crippen LogP contribution in [0.25, 0.3) is 0 Å². The van der Waals surface area contributed by atoms with Gasteiger partial charge in [0.25, 0.3) is 0 Å². The first-order chi connectivity index (χ1) is 11.5. The molecular formula is C17H32IN3O3S. The van der Waals surface area contributed by atoms with Crippen LogP contribution in [-0.2, 0) is 14.6 Å². The van der Waals surface area contributed by atoms with Crippen LogP contribution in [0.2, 0.25) is 0 Å². The largest absolute Gasteiger partial charge is 0.378 e. The molecule has 1 spiro atoms. The van der Waals surface area contributed by atoms with E-state index in [2.05, 4.69) is 22.5 Å². The molecule has 0 radical (unpaired) electrons. The fraction of sp³-hybridized carbons (Fsp3) is 0.941. The third kappa shape index (κ3) is 4.61. The van der Waals surface area contributed by atoms with Gasteiger partial charge in [-0.25, -0.2) is 8.42 Å². The highest BCUT2D eigenvalue weighted by atomic mass is 127. The molecule has 2 N–H and O–H groups in total. The smallest absolute Gasteiger partial charge is 0.191 e. The van der Waals surface area contributed by atoms with E-state index in [1.807, 2.05) is 0 Å². The number of guanidine groups is 1. The Labute approximate surface area is 168 Å². The van der Waals surface area contributed by atoms with E-state index in [0.717, 1.165) is 25.4 Å². The van der Waals surface area contributed by atoms with E-state index in [1.54, 1.807) is 7.05 Å². The van der Waals surface area contributed by atoms with Crippen LogP contribution in [0.1, 0.15) is 45.4 Å². The fourth-order valence-electron chi connectivity index (χ4n) is 4.72. The van der Waals surface area contributed by atoms with Gasteiger partial charge in [0.1, 0.15) is 0 Å². The number of sulfone groups is 1. The molecule has 0 bridgehead atoms. The second-order valence-corrected chi connectivity index (χ2v) is 9.77. The van der Waals surface area contributed by atoms with Gasteiger partial charge in [-0.15, -0.1) is 24.0 Å². The lowest BCUT2D eigenvalue weighted by Crippen LogP contribution is -2.65. The standard InChI is InChI=1S/C17H31N3O3S.HI/c1-3-23-15-10-14(17(15)7-4-5-8-17)20-16(18-2)19-11-13-6-9-24(21,22)12-13;/h13-15H,3-12H2,1-2H3,(H2,18,19,20);1H. The van der Waals surface area contributed by atoms with Crippen molar-refractivity contribution in [2.45, 2.75) is 57.6 Å². The third-order valence-corrected chi connectivity index (χ3v) is 7.94. The Morgan fingerprint density at radius 1 is 1.32 bits per heavy atom. The van der Waals surface area contributed by atoms with Crippen LogP contribution in [0, 0.1) is 11.3 Å². The molecule has 3 atom stereocenters. The normalized spacial score (nSPS) is 32.9. The van der Waals surface area contributed by atoms with Crippen LogP contribution in [0.15, 0.2) is 4.99 Å². The molecule has 146 valence electrons. The summed E-state index contributed by atoms with van der Waals surface area (Å²) in [4.78, 5) is 4.34. The molecule has 3 unspecified atom stereocenters. The van der Waals surface area contributed by atoms with Gasteiger partial charge < -0.3 is 15.4 Å². The van der Waals surface area contributed by atoms with Gasteiger partial charge in [-0.05, 0) is 38.5 Å². The zero-order valence-electron chi connectivity index (χ0n) is 15.3. The third-order valence-electron chi connectivity index (χ3n) is 6.11. The molecule has 1 aliphatic heterocycles. The number of ether oxygens (including phenoxy) is 1. The summed E-state index contributed by atoms with van der Waals surface area (Å²) in [6, 6.07) is 0.412. The average Bonchev–Trinajstić information content (AvgIpc) is 3.18. The van der Waals surface area contributed by atoms with Crippen molar-refractivity contribution in [2.24, 2.45) is 16.3 Å². The van der Waals surface area contributed by atoms with Gasteiger partial charge in [-0.3, -0.25) is 4.99 Å². The van der Waals surface area contributed by atoms with Crippen molar-refractivity contribution in [1.29, 1.82) is 0 Å². The molecular weight excluding hydrogens is 453 g/mol. The minimum atomic E-state index is -2.82. The van der Waals surface area contributed by atoms with Gasteiger partial charge in [0.15, 0.2) is 15.8 Å². The Morgan fingerprint density at radius 3 is 2.60 bits per heavy atom. The Kier molecular flexibility index (Phi) is 7.41. The number of nitrogens with one attached hydrogen (secondary N) is 2. The van der Waals surface area contributed by atoms with Crippen LogP contribution < -0.4 is 10.6 Å². The molecule has 0 amide bonds. The Morgan fingerprint density at radius 2 is 2.04 bits per heavy atom. The van der Waals surface area contributed by atoms with E-state index in [4.69, 9.17) is 4.74 Å². The number of hydrogen-bond acceptors (Lipinski definition) is 4. The van der Waals surface area contributed by atoms with Crippen molar-refractivity contribution in [3.63, 3.8) is 0 Å². The van der Waals surface area contributed by atoms with Crippen LogP contribution in [0.3, 0.4) is 0 Å². The predicted molar refractivity (Wildman–Crippen MR) is 111 cm³/mol. The molecule has 0 aromatic rings. The summed E-state index contributed by atoms with van der Waals surface area (Å²) in [5.41, 5.74) is 0.268. The van der Waals surface area contributed by atoms with Crippen molar-refractivity contribution in [3.8, 4) is 0 Å². The van der Waals surface area contributed by atoms with Crippen LogP contribution >= 0.6 is 24.0 Å². The number of nitrogens with zero attached hydrogens (tertiary/aromatic N) is 1. The molecule has 0 aromatic carbocycles. The molecule has 2 aliphatic carbocycles. The second-order valence-electron chi connectivity index (χ2n) is 7.54. The van der Waals surface area contributed by atoms with E-state index >= 15 is 0 Å².